The van der Waals surface area contributed by atoms with E-state index < -0.39 is 0 Å². The maximum atomic E-state index is 12.5. The van der Waals surface area contributed by atoms with Gasteiger partial charge in [-0.25, -0.2) is 0 Å². The highest BCUT2D eigenvalue weighted by molar-refractivity contribution is 5.78. The fourth-order valence-corrected chi connectivity index (χ4v) is 2.92. The molecule has 0 radical (unpaired) electrons. The summed E-state index contributed by atoms with van der Waals surface area (Å²) in [5.74, 6) is 2.17. The van der Waals surface area contributed by atoms with Gasteiger partial charge in [-0.2, -0.15) is 0 Å². The van der Waals surface area contributed by atoms with Crippen molar-refractivity contribution in [3.05, 3.63) is 65.9 Å². The third-order valence-electron chi connectivity index (χ3n) is 4.58. The lowest BCUT2D eigenvalue weighted by Gasteiger charge is -2.17. The van der Waals surface area contributed by atoms with Gasteiger partial charge in [0.1, 0.15) is 11.5 Å². The van der Waals surface area contributed by atoms with Gasteiger partial charge in [0, 0.05) is 25.2 Å². The molecule has 146 valence electrons. The number of para-hydroxylation sites is 1. The second-order valence-electron chi connectivity index (χ2n) is 6.47. The number of benzene rings is 2. The first-order chi connectivity index (χ1) is 13.6. The van der Waals surface area contributed by atoms with Crippen molar-refractivity contribution in [2.75, 3.05) is 27.8 Å². The summed E-state index contributed by atoms with van der Waals surface area (Å²) in [6.45, 7) is 0.597. The van der Waals surface area contributed by atoms with Gasteiger partial charge in [0.25, 0.3) is 0 Å². The molecule has 0 aliphatic rings. The predicted molar refractivity (Wildman–Crippen MR) is 107 cm³/mol. The fourth-order valence-electron chi connectivity index (χ4n) is 2.92. The van der Waals surface area contributed by atoms with E-state index in [4.69, 9.17) is 14.0 Å². The van der Waals surface area contributed by atoms with Gasteiger partial charge in [-0.05, 0) is 30.2 Å². The maximum Gasteiger partial charge on any atom is 0.228 e. The number of hydrogen-bond donors (Lipinski definition) is 0. The molecule has 3 aromatic rings. The topological polar surface area (TPSA) is 64.8 Å². The van der Waals surface area contributed by atoms with Crippen LogP contribution in [0.1, 0.15) is 11.3 Å². The van der Waals surface area contributed by atoms with Crippen LogP contribution in [0.4, 0.5) is 0 Å². The molecule has 0 unspecified atom stereocenters. The summed E-state index contributed by atoms with van der Waals surface area (Å²) in [5.41, 5.74) is 2.54. The Bertz CT molecular complexity index is 936. The molecule has 2 aromatic carbocycles. The molecule has 0 bridgehead atoms. The molecular weight excluding hydrogens is 356 g/mol. The molecule has 0 spiro atoms. The van der Waals surface area contributed by atoms with E-state index in [2.05, 4.69) is 5.16 Å². The minimum absolute atomic E-state index is 0.0135. The molecule has 0 saturated heterocycles. The number of carbonyl (C=O) groups is 1. The second kappa shape index (κ2) is 9.08. The molecule has 0 N–H and O–H groups in total. The van der Waals surface area contributed by atoms with Crippen molar-refractivity contribution >= 4 is 5.91 Å². The average Bonchev–Trinajstić information content (AvgIpc) is 3.20. The Balaban J connectivity index is 1.59. The molecule has 6 nitrogen and oxygen atoms in total. The van der Waals surface area contributed by atoms with E-state index >= 15 is 0 Å². The SMILES string of the molecule is COc1cccc(-c2cc(CC(=O)N(C)CCc3ccccc3OC)no2)c1. The van der Waals surface area contributed by atoms with E-state index in [1.54, 1.807) is 32.2 Å². The van der Waals surface area contributed by atoms with Gasteiger partial charge in [-0.3, -0.25) is 4.79 Å². The van der Waals surface area contributed by atoms with Crippen molar-refractivity contribution in [3.63, 3.8) is 0 Å². The molecule has 0 aliphatic carbocycles. The minimum atomic E-state index is -0.0135. The number of hydrogen-bond acceptors (Lipinski definition) is 5. The number of nitrogens with zero attached hydrogens (tertiary/aromatic N) is 2. The lowest BCUT2D eigenvalue weighted by atomic mass is 10.1. The maximum absolute atomic E-state index is 12.5. The molecule has 1 aromatic heterocycles. The Morgan fingerprint density at radius 1 is 1.07 bits per heavy atom. The molecule has 1 amide bonds. The number of likely N-dealkylation sites (N-methyl/N-ethyl adjacent to an activating group) is 1. The van der Waals surface area contributed by atoms with Gasteiger partial charge < -0.3 is 18.9 Å². The Labute approximate surface area is 164 Å². The zero-order valence-corrected chi connectivity index (χ0v) is 16.3. The lowest BCUT2D eigenvalue weighted by molar-refractivity contribution is -0.129. The quantitative estimate of drug-likeness (QED) is 0.597. The number of methoxy groups -OCH3 is 2. The first-order valence-electron chi connectivity index (χ1n) is 9.06. The van der Waals surface area contributed by atoms with Crippen LogP contribution in [0.3, 0.4) is 0 Å². The van der Waals surface area contributed by atoms with Crippen LogP contribution < -0.4 is 9.47 Å². The zero-order chi connectivity index (χ0) is 19.9. The van der Waals surface area contributed by atoms with Crippen LogP contribution in [-0.4, -0.2) is 43.8 Å². The van der Waals surface area contributed by atoms with Crippen LogP contribution in [0.5, 0.6) is 11.5 Å². The molecule has 1 heterocycles. The summed E-state index contributed by atoms with van der Waals surface area (Å²) in [4.78, 5) is 14.2. The third-order valence-corrected chi connectivity index (χ3v) is 4.58. The lowest BCUT2D eigenvalue weighted by Crippen LogP contribution is -2.30. The molecule has 0 saturated carbocycles. The monoisotopic (exact) mass is 380 g/mol. The molecule has 28 heavy (non-hydrogen) atoms. The highest BCUT2D eigenvalue weighted by Gasteiger charge is 2.15. The van der Waals surface area contributed by atoms with Gasteiger partial charge in [0.2, 0.25) is 5.91 Å². The molecule has 0 aliphatic heterocycles. The molecule has 6 heteroatoms. The Morgan fingerprint density at radius 3 is 2.68 bits per heavy atom. The van der Waals surface area contributed by atoms with Gasteiger partial charge in [0.05, 0.1) is 26.3 Å². The number of ether oxygens (including phenoxy) is 2. The minimum Gasteiger partial charge on any atom is -0.497 e. The van der Waals surface area contributed by atoms with Crippen LogP contribution in [0, 0.1) is 0 Å². The Kier molecular flexibility index (Phi) is 6.32. The summed E-state index contributed by atoms with van der Waals surface area (Å²) >= 11 is 0. The van der Waals surface area contributed by atoms with Crippen molar-refractivity contribution in [2.24, 2.45) is 0 Å². The number of carbonyl (C=O) groups excluding carboxylic acids is 1. The van der Waals surface area contributed by atoms with E-state index in [9.17, 15) is 4.79 Å². The average molecular weight is 380 g/mol. The van der Waals surface area contributed by atoms with Crippen LogP contribution in [0.2, 0.25) is 0 Å². The van der Waals surface area contributed by atoms with Gasteiger partial charge >= 0.3 is 0 Å². The van der Waals surface area contributed by atoms with Gasteiger partial charge in [-0.1, -0.05) is 35.5 Å². The third kappa shape index (κ3) is 4.71. The Morgan fingerprint density at radius 2 is 1.89 bits per heavy atom. The first-order valence-corrected chi connectivity index (χ1v) is 9.06. The van der Waals surface area contributed by atoms with E-state index in [1.165, 1.54) is 0 Å². The van der Waals surface area contributed by atoms with Crippen LogP contribution in [0.25, 0.3) is 11.3 Å². The summed E-state index contributed by atoms with van der Waals surface area (Å²) in [7, 11) is 5.06. The van der Waals surface area contributed by atoms with E-state index in [1.807, 2.05) is 48.5 Å². The fraction of sp³-hybridized carbons (Fsp3) is 0.273. The van der Waals surface area contributed by atoms with Crippen LogP contribution in [0.15, 0.2) is 59.1 Å². The van der Waals surface area contributed by atoms with E-state index in [0.29, 0.717) is 18.0 Å². The summed E-state index contributed by atoms with van der Waals surface area (Å²) < 4.78 is 16.0. The molecule has 0 fully saturated rings. The van der Waals surface area contributed by atoms with E-state index in [0.717, 1.165) is 29.0 Å². The number of aromatic nitrogens is 1. The zero-order valence-electron chi connectivity index (χ0n) is 16.3. The summed E-state index contributed by atoms with van der Waals surface area (Å²) in [5, 5.41) is 4.03. The Hall–Kier alpha value is -3.28. The highest BCUT2D eigenvalue weighted by atomic mass is 16.5. The highest BCUT2D eigenvalue weighted by Crippen LogP contribution is 2.24. The second-order valence-corrected chi connectivity index (χ2v) is 6.47. The van der Waals surface area contributed by atoms with Crippen molar-refractivity contribution < 1.29 is 18.8 Å². The van der Waals surface area contributed by atoms with Crippen molar-refractivity contribution in [3.8, 4) is 22.8 Å². The van der Waals surface area contributed by atoms with Crippen molar-refractivity contribution in [1.29, 1.82) is 0 Å². The van der Waals surface area contributed by atoms with Crippen molar-refractivity contribution in [1.82, 2.24) is 10.1 Å². The van der Waals surface area contributed by atoms with Crippen LogP contribution in [-0.2, 0) is 17.6 Å². The number of amides is 1. The van der Waals surface area contributed by atoms with Crippen LogP contribution >= 0.6 is 0 Å². The van der Waals surface area contributed by atoms with Crippen molar-refractivity contribution in [2.45, 2.75) is 12.8 Å². The standard InChI is InChI=1S/C22H24N2O4/c1-24(12-11-16-7-4-5-10-20(16)27-3)22(25)15-18-14-21(28-23-18)17-8-6-9-19(13-17)26-2/h4-10,13-14H,11-12,15H2,1-3H3. The normalized spacial score (nSPS) is 10.5. The molecular formula is C22H24N2O4. The molecule has 3 rings (SSSR count). The first kappa shape index (κ1) is 19.5. The van der Waals surface area contributed by atoms with E-state index in [-0.39, 0.29) is 12.3 Å². The predicted octanol–water partition coefficient (Wildman–Crippen LogP) is 3.60. The van der Waals surface area contributed by atoms with Gasteiger partial charge in [0.15, 0.2) is 5.76 Å². The molecule has 0 atom stereocenters. The largest absolute Gasteiger partial charge is 0.497 e. The van der Waals surface area contributed by atoms with Gasteiger partial charge in [-0.15, -0.1) is 0 Å². The summed E-state index contributed by atoms with van der Waals surface area (Å²) in [6, 6.07) is 17.1. The smallest absolute Gasteiger partial charge is 0.228 e. The number of rotatable bonds is 8. The summed E-state index contributed by atoms with van der Waals surface area (Å²) in [6.07, 6.45) is 0.913.